The van der Waals surface area contributed by atoms with E-state index in [0.717, 1.165) is 12.1 Å². The van der Waals surface area contributed by atoms with Crippen LogP contribution in [-0.4, -0.2) is 32.4 Å². The Morgan fingerprint density at radius 2 is 1.71 bits per heavy atom. The molecule has 174 valence electrons. The number of anilines is 1. The number of halogens is 1. The molecule has 3 heterocycles. The van der Waals surface area contributed by atoms with Crippen molar-refractivity contribution in [3.05, 3.63) is 75.1 Å². The second-order valence-corrected chi connectivity index (χ2v) is 7.65. The smallest absolute Gasteiger partial charge is 0.296 e. The van der Waals surface area contributed by atoms with Crippen LogP contribution in [0.1, 0.15) is 33.5 Å². The molecular formula is C24H19FN2O7. The standard InChI is InChI=1S/C24H19FN2O7/c1-11-7-18(26-34-11)27-20(12-8-16(30-2)22(32-4)17(9-12)31-3)19-21(28)14-10-13(25)5-6-15(14)33-23(19)24(27)29/h5-10,20H,1-4H3/t20-/m1/s1. The number of fused-ring (bicyclic) bond motifs is 2. The van der Waals surface area contributed by atoms with Gasteiger partial charge in [0.05, 0.1) is 38.3 Å². The Bertz CT molecular complexity index is 1480. The zero-order chi connectivity index (χ0) is 24.1. The lowest BCUT2D eigenvalue weighted by atomic mass is 9.97. The van der Waals surface area contributed by atoms with Gasteiger partial charge >= 0.3 is 0 Å². The summed E-state index contributed by atoms with van der Waals surface area (Å²) in [5, 5.41) is 3.99. The van der Waals surface area contributed by atoms with Crippen LogP contribution in [0.25, 0.3) is 11.0 Å². The molecule has 0 fully saturated rings. The van der Waals surface area contributed by atoms with E-state index in [1.54, 1.807) is 25.1 Å². The Kier molecular flexibility index (Phi) is 5.00. The summed E-state index contributed by atoms with van der Waals surface area (Å²) in [5.41, 5.74) is 0.0641. The number of amides is 1. The van der Waals surface area contributed by atoms with Gasteiger partial charge in [0.25, 0.3) is 5.91 Å². The molecular weight excluding hydrogens is 447 g/mol. The van der Waals surface area contributed by atoms with Gasteiger partial charge < -0.3 is 23.2 Å². The van der Waals surface area contributed by atoms with Gasteiger partial charge in [-0.1, -0.05) is 5.16 Å². The van der Waals surface area contributed by atoms with Crippen molar-refractivity contribution in [2.75, 3.05) is 26.2 Å². The lowest BCUT2D eigenvalue weighted by Crippen LogP contribution is -2.29. The molecule has 2 aromatic carbocycles. The molecule has 1 amide bonds. The molecule has 0 aliphatic carbocycles. The van der Waals surface area contributed by atoms with Gasteiger partial charge in [0, 0.05) is 6.07 Å². The van der Waals surface area contributed by atoms with Crippen molar-refractivity contribution in [3.8, 4) is 17.2 Å². The lowest BCUT2D eigenvalue weighted by Gasteiger charge is -2.24. The fraction of sp³-hybridized carbons (Fsp3) is 0.208. The number of aryl methyl sites for hydroxylation is 1. The average molecular weight is 466 g/mol. The summed E-state index contributed by atoms with van der Waals surface area (Å²) < 4.78 is 41.3. The molecule has 34 heavy (non-hydrogen) atoms. The normalized spacial score (nSPS) is 15.0. The van der Waals surface area contributed by atoms with Crippen LogP contribution in [0.3, 0.4) is 0 Å². The highest BCUT2D eigenvalue weighted by Crippen LogP contribution is 2.46. The molecule has 0 unspecified atom stereocenters. The summed E-state index contributed by atoms with van der Waals surface area (Å²) in [7, 11) is 4.38. The predicted octanol–water partition coefficient (Wildman–Crippen LogP) is 4.00. The number of methoxy groups -OCH3 is 3. The molecule has 10 heteroatoms. The maximum atomic E-state index is 14.0. The third kappa shape index (κ3) is 3.10. The van der Waals surface area contributed by atoms with E-state index in [1.807, 2.05) is 0 Å². The highest BCUT2D eigenvalue weighted by molar-refractivity contribution is 6.10. The van der Waals surface area contributed by atoms with Gasteiger partial charge in [0.15, 0.2) is 22.7 Å². The summed E-state index contributed by atoms with van der Waals surface area (Å²) in [4.78, 5) is 28.4. The SMILES string of the molecule is COc1cc([C@@H]2c3c(oc4ccc(F)cc4c3=O)C(=O)N2c2cc(C)on2)cc(OC)c1OC. The minimum absolute atomic E-state index is 0.0159. The maximum absolute atomic E-state index is 14.0. The van der Waals surface area contributed by atoms with E-state index in [0.29, 0.717) is 28.6 Å². The van der Waals surface area contributed by atoms with Gasteiger partial charge in [0.2, 0.25) is 11.5 Å². The van der Waals surface area contributed by atoms with E-state index in [4.69, 9.17) is 23.2 Å². The van der Waals surface area contributed by atoms with Crippen LogP contribution < -0.4 is 24.5 Å². The maximum Gasteiger partial charge on any atom is 0.296 e. The predicted molar refractivity (Wildman–Crippen MR) is 118 cm³/mol. The van der Waals surface area contributed by atoms with Crippen LogP contribution in [0.5, 0.6) is 17.2 Å². The van der Waals surface area contributed by atoms with Gasteiger partial charge in [-0.05, 0) is 42.8 Å². The Morgan fingerprint density at radius 3 is 2.29 bits per heavy atom. The molecule has 0 bridgehead atoms. The topological polar surface area (TPSA) is 104 Å². The van der Waals surface area contributed by atoms with Crippen LogP contribution in [0.2, 0.25) is 0 Å². The molecule has 1 aliphatic rings. The van der Waals surface area contributed by atoms with E-state index in [1.165, 1.54) is 32.3 Å². The highest BCUT2D eigenvalue weighted by atomic mass is 19.1. The molecule has 2 aromatic heterocycles. The van der Waals surface area contributed by atoms with Gasteiger partial charge in [-0.25, -0.2) is 4.39 Å². The number of ether oxygens (including phenoxy) is 3. The minimum Gasteiger partial charge on any atom is -0.493 e. The fourth-order valence-electron chi connectivity index (χ4n) is 4.22. The number of carbonyl (C=O) groups excluding carboxylic acids is 1. The van der Waals surface area contributed by atoms with Crippen LogP contribution in [-0.2, 0) is 0 Å². The van der Waals surface area contributed by atoms with Crippen LogP contribution >= 0.6 is 0 Å². The van der Waals surface area contributed by atoms with Gasteiger partial charge in [-0.3, -0.25) is 14.5 Å². The van der Waals surface area contributed by atoms with Crippen molar-refractivity contribution in [1.82, 2.24) is 5.16 Å². The number of benzene rings is 2. The second kappa shape index (κ2) is 7.91. The first-order chi connectivity index (χ1) is 16.4. The van der Waals surface area contributed by atoms with Gasteiger partial charge in [-0.2, -0.15) is 0 Å². The Hall–Kier alpha value is -4.34. The molecule has 1 aliphatic heterocycles. The largest absolute Gasteiger partial charge is 0.493 e. The first-order valence-corrected chi connectivity index (χ1v) is 10.2. The second-order valence-electron chi connectivity index (χ2n) is 7.65. The van der Waals surface area contributed by atoms with Crippen molar-refractivity contribution >= 4 is 22.7 Å². The van der Waals surface area contributed by atoms with E-state index >= 15 is 0 Å². The Labute approximate surface area is 192 Å². The molecule has 0 spiro atoms. The van der Waals surface area contributed by atoms with Crippen molar-refractivity contribution in [2.24, 2.45) is 0 Å². The molecule has 1 atom stereocenters. The first-order valence-electron chi connectivity index (χ1n) is 10.2. The average Bonchev–Trinajstić information content (AvgIpc) is 3.39. The quantitative estimate of drug-likeness (QED) is 0.435. The molecule has 0 radical (unpaired) electrons. The summed E-state index contributed by atoms with van der Waals surface area (Å²) >= 11 is 0. The fourth-order valence-corrected chi connectivity index (χ4v) is 4.22. The number of nitrogens with zero attached hydrogens (tertiary/aromatic N) is 2. The third-order valence-corrected chi connectivity index (χ3v) is 5.70. The van der Waals surface area contributed by atoms with E-state index in [9.17, 15) is 14.0 Å². The molecule has 0 saturated heterocycles. The monoisotopic (exact) mass is 466 g/mol. The number of carbonyl (C=O) groups is 1. The number of hydrogen-bond acceptors (Lipinski definition) is 8. The molecule has 4 aromatic rings. The summed E-state index contributed by atoms with van der Waals surface area (Å²) in [6.07, 6.45) is 0. The molecule has 0 saturated carbocycles. The van der Waals surface area contributed by atoms with Crippen LogP contribution in [0.4, 0.5) is 10.2 Å². The summed E-state index contributed by atoms with van der Waals surface area (Å²) in [6.45, 7) is 1.68. The van der Waals surface area contributed by atoms with E-state index < -0.39 is 23.2 Å². The van der Waals surface area contributed by atoms with E-state index in [2.05, 4.69) is 5.16 Å². The first kappa shape index (κ1) is 21.5. The van der Waals surface area contributed by atoms with Gasteiger partial charge in [-0.15, -0.1) is 0 Å². The third-order valence-electron chi connectivity index (χ3n) is 5.70. The highest BCUT2D eigenvalue weighted by Gasteiger charge is 2.45. The van der Waals surface area contributed by atoms with Crippen molar-refractivity contribution in [3.63, 3.8) is 0 Å². The number of rotatable bonds is 5. The van der Waals surface area contributed by atoms with Gasteiger partial charge in [0.1, 0.15) is 17.2 Å². The number of hydrogen-bond donors (Lipinski definition) is 0. The molecule has 5 rings (SSSR count). The van der Waals surface area contributed by atoms with Crippen molar-refractivity contribution in [2.45, 2.75) is 13.0 Å². The minimum atomic E-state index is -0.982. The summed E-state index contributed by atoms with van der Waals surface area (Å²) in [6, 6.07) is 7.40. The van der Waals surface area contributed by atoms with Crippen LogP contribution in [0, 0.1) is 12.7 Å². The molecule has 0 N–H and O–H groups in total. The lowest BCUT2D eigenvalue weighted by molar-refractivity contribution is 0.0969. The van der Waals surface area contributed by atoms with Crippen molar-refractivity contribution < 1.29 is 32.3 Å². The zero-order valence-electron chi connectivity index (χ0n) is 18.7. The van der Waals surface area contributed by atoms with E-state index in [-0.39, 0.29) is 28.1 Å². The zero-order valence-corrected chi connectivity index (χ0v) is 18.7. The number of aromatic nitrogens is 1. The summed E-state index contributed by atoms with van der Waals surface area (Å²) in [5.74, 6) is 0.285. The molecule has 9 nitrogen and oxygen atoms in total. The van der Waals surface area contributed by atoms with Crippen LogP contribution in [0.15, 0.2) is 50.1 Å². The Morgan fingerprint density at radius 1 is 1.00 bits per heavy atom. The Balaban J connectivity index is 1.84. The van der Waals surface area contributed by atoms with Crippen molar-refractivity contribution in [1.29, 1.82) is 0 Å².